The predicted molar refractivity (Wildman–Crippen MR) is 70.1 cm³/mol. The summed E-state index contributed by atoms with van der Waals surface area (Å²) in [6.07, 6.45) is 4.47. The molecule has 0 aliphatic carbocycles. The van der Waals surface area contributed by atoms with Crippen LogP contribution in [-0.4, -0.2) is 39.5 Å². The summed E-state index contributed by atoms with van der Waals surface area (Å²) < 4.78 is 2.00. The molecule has 1 N–H and O–H groups in total. The maximum absolute atomic E-state index is 12.0. The van der Waals surface area contributed by atoms with Gasteiger partial charge < -0.3 is 14.8 Å². The van der Waals surface area contributed by atoms with E-state index in [-0.39, 0.29) is 17.5 Å². The Labute approximate surface area is 108 Å². The summed E-state index contributed by atoms with van der Waals surface area (Å²) in [6, 6.07) is -0.0748. The van der Waals surface area contributed by atoms with Gasteiger partial charge in [-0.15, -0.1) is 0 Å². The molecule has 0 radical (unpaired) electrons. The van der Waals surface area contributed by atoms with Crippen LogP contribution in [0.1, 0.15) is 38.9 Å². The van der Waals surface area contributed by atoms with Gasteiger partial charge in [0.25, 0.3) is 0 Å². The van der Waals surface area contributed by atoms with Gasteiger partial charge in [0.2, 0.25) is 5.91 Å². The molecule has 1 atom stereocenters. The molecule has 1 saturated heterocycles. The molecule has 5 heteroatoms. The molecule has 1 aliphatic rings. The van der Waals surface area contributed by atoms with Crippen LogP contribution < -0.4 is 5.32 Å². The Morgan fingerprint density at radius 1 is 1.50 bits per heavy atom. The highest BCUT2D eigenvalue weighted by Gasteiger charge is 2.31. The third kappa shape index (κ3) is 2.72. The fourth-order valence-corrected chi connectivity index (χ4v) is 2.17. The second-order valence-electron chi connectivity index (χ2n) is 5.96. The summed E-state index contributed by atoms with van der Waals surface area (Å²) in [4.78, 5) is 18.0. The molecule has 2 heterocycles. The van der Waals surface area contributed by atoms with Gasteiger partial charge in [-0.2, -0.15) is 0 Å². The number of hydrogen-bond donors (Lipinski definition) is 1. The fraction of sp³-hybridized carbons (Fsp3) is 0.692. The lowest BCUT2D eigenvalue weighted by atomic mass is 10.1. The number of aromatic nitrogens is 2. The van der Waals surface area contributed by atoms with Crippen molar-refractivity contribution < 1.29 is 4.79 Å². The van der Waals surface area contributed by atoms with Crippen LogP contribution in [0.15, 0.2) is 12.5 Å². The molecule has 0 aromatic carbocycles. The third-order valence-corrected chi connectivity index (χ3v) is 3.28. The molecular formula is C13H22N4O. The topological polar surface area (TPSA) is 50.2 Å². The van der Waals surface area contributed by atoms with Crippen LogP contribution in [-0.2, 0) is 11.3 Å². The van der Waals surface area contributed by atoms with Crippen molar-refractivity contribution in [3.63, 3.8) is 0 Å². The van der Waals surface area contributed by atoms with E-state index in [1.54, 1.807) is 11.2 Å². The Morgan fingerprint density at radius 2 is 2.22 bits per heavy atom. The minimum absolute atomic E-state index is 0.0611. The average Bonchev–Trinajstić information content (AvgIpc) is 2.84. The molecule has 0 bridgehead atoms. The maximum Gasteiger partial charge on any atom is 0.245 e. The standard InChI is InChI=1S/C13H22N4O/c1-13(2,3)15-8-10-7-14-9-17(10)11-5-6-16(4)12(11)18/h7,9,11,15H,5-6,8H2,1-4H3. The van der Waals surface area contributed by atoms with Crippen molar-refractivity contribution in [2.75, 3.05) is 13.6 Å². The summed E-state index contributed by atoms with van der Waals surface area (Å²) in [5, 5.41) is 3.43. The van der Waals surface area contributed by atoms with Crippen molar-refractivity contribution >= 4 is 5.91 Å². The first kappa shape index (κ1) is 13.1. The Balaban J connectivity index is 2.11. The van der Waals surface area contributed by atoms with Crippen LogP contribution in [0.3, 0.4) is 0 Å². The van der Waals surface area contributed by atoms with E-state index in [9.17, 15) is 4.79 Å². The molecule has 1 fully saturated rings. The number of hydrogen-bond acceptors (Lipinski definition) is 3. The van der Waals surface area contributed by atoms with Gasteiger partial charge >= 0.3 is 0 Å². The van der Waals surface area contributed by atoms with Crippen molar-refractivity contribution in [1.29, 1.82) is 0 Å². The van der Waals surface area contributed by atoms with Gasteiger partial charge in [0.05, 0.1) is 12.0 Å². The lowest BCUT2D eigenvalue weighted by molar-refractivity contribution is -0.129. The van der Waals surface area contributed by atoms with E-state index in [1.165, 1.54) is 0 Å². The zero-order chi connectivity index (χ0) is 13.3. The minimum atomic E-state index is -0.0748. The van der Waals surface area contributed by atoms with E-state index in [0.29, 0.717) is 0 Å². The number of nitrogens with zero attached hydrogens (tertiary/aromatic N) is 3. The van der Waals surface area contributed by atoms with Gasteiger partial charge in [0.15, 0.2) is 0 Å². The first-order valence-corrected chi connectivity index (χ1v) is 6.39. The Hall–Kier alpha value is -1.36. The number of carbonyl (C=O) groups excluding carboxylic acids is 1. The molecular weight excluding hydrogens is 228 g/mol. The van der Waals surface area contributed by atoms with Crippen LogP contribution in [0.25, 0.3) is 0 Å². The Bertz CT molecular complexity index is 432. The fourth-order valence-electron chi connectivity index (χ4n) is 2.17. The van der Waals surface area contributed by atoms with Crippen LogP contribution in [0.4, 0.5) is 0 Å². The zero-order valence-electron chi connectivity index (χ0n) is 11.6. The van der Waals surface area contributed by atoms with Crippen LogP contribution >= 0.6 is 0 Å². The largest absolute Gasteiger partial charge is 0.344 e. The first-order chi connectivity index (χ1) is 8.38. The van der Waals surface area contributed by atoms with Gasteiger partial charge in [-0.05, 0) is 27.2 Å². The molecule has 1 unspecified atom stereocenters. The second kappa shape index (κ2) is 4.72. The number of carbonyl (C=O) groups is 1. The summed E-state index contributed by atoms with van der Waals surface area (Å²) >= 11 is 0. The van der Waals surface area contributed by atoms with E-state index in [0.717, 1.165) is 25.2 Å². The third-order valence-electron chi connectivity index (χ3n) is 3.28. The molecule has 1 aliphatic heterocycles. The molecule has 5 nitrogen and oxygen atoms in total. The van der Waals surface area contributed by atoms with E-state index in [4.69, 9.17) is 0 Å². The highest BCUT2D eigenvalue weighted by molar-refractivity contribution is 5.82. The molecule has 1 aromatic heterocycles. The Morgan fingerprint density at radius 3 is 2.78 bits per heavy atom. The molecule has 1 amide bonds. The van der Waals surface area contributed by atoms with Gasteiger partial charge in [-0.1, -0.05) is 0 Å². The van der Waals surface area contributed by atoms with Gasteiger partial charge in [0.1, 0.15) is 6.04 Å². The van der Waals surface area contributed by atoms with Crippen molar-refractivity contribution in [1.82, 2.24) is 19.8 Å². The van der Waals surface area contributed by atoms with Crippen LogP contribution in [0, 0.1) is 0 Å². The van der Waals surface area contributed by atoms with Crippen molar-refractivity contribution in [3.05, 3.63) is 18.2 Å². The summed E-state index contributed by atoms with van der Waals surface area (Å²) in [6.45, 7) is 7.94. The molecule has 2 rings (SSSR count). The molecule has 18 heavy (non-hydrogen) atoms. The molecule has 100 valence electrons. The summed E-state index contributed by atoms with van der Waals surface area (Å²) in [7, 11) is 1.85. The lowest BCUT2D eigenvalue weighted by Gasteiger charge is -2.22. The van der Waals surface area contributed by atoms with E-state index in [2.05, 4.69) is 31.1 Å². The van der Waals surface area contributed by atoms with Gasteiger partial charge in [0, 0.05) is 31.9 Å². The van der Waals surface area contributed by atoms with E-state index >= 15 is 0 Å². The number of imidazole rings is 1. The van der Waals surface area contributed by atoms with Crippen LogP contribution in [0.2, 0.25) is 0 Å². The number of likely N-dealkylation sites (tertiary alicyclic amines) is 1. The maximum atomic E-state index is 12.0. The first-order valence-electron chi connectivity index (χ1n) is 6.39. The lowest BCUT2D eigenvalue weighted by Crippen LogP contribution is -2.36. The quantitative estimate of drug-likeness (QED) is 0.876. The number of amides is 1. The van der Waals surface area contributed by atoms with Crippen molar-refractivity contribution in [2.24, 2.45) is 0 Å². The molecule has 0 saturated carbocycles. The van der Waals surface area contributed by atoms with Gasteiger partial charge in [-0.3, -0.25) is 4.79 Å². The van der Waals surface area contributed by atoms with E-state index in [1.807, 2.05) is 17.8 Å². The second-order valence-corrected chi connectivity index (χ2v) is 5.96. The summed E-state index contributed by atoms with van der Waals surface area (Å²) in [5.74, 6) is 0.185. The predicted octanol–water partition coefficient (Wildman–Crippen LogP) is 1.17. The zero-order valence-corrected chi connectivity index (χ0v) is 11.6. The van der Waals surface area contributed by atoms with E-state index < -0.39 is 0 Å². The molecule has 0 spiro atoms. The number of likely N-dealkylation sites (N-methyl/N-ethyl adjacent to an activating group) is 1. The smallest absolute Gasteiger partial charge is 0.245 e. The van der Waals surface area contributed by atoms with Gasteiger partial charge in [-0.25, -0.2) is 4.98 Å². The minimum Gasteiger partial charge on any atom is -0.344 e. The highest BCUT2D eigenvalue weighted by Crippen LogP contribution is 2.23. The number of nitrogens with one attached hydrogen (secondary N) is 1. The monoisotopic (exact) mass is 250 g/mol. The Kier molecular flexibility index (Phi) is 3.43. The average molecular weight is 250 g/mol. The molecule has 1 aromatic rings. The van der Waals surface area contributed by atoms with Crippen molar-refractivity contribution in [3.8, 4) is 0 Å². The normalized spacial score (nSPS) is 20.8. The highest BCUT2D eigenvalue weighted by atomic mass is 16.2. The van der Waals surface area contributed by atoms with Crippen molar-refractivity contribution in [2.45, 2.75) is 45.3 Å². The van der Waals surface area contributed by atoms with Crippen LogP contribution in [0.5, 0.6) is 0 Å². The summed E-state index contributed by atoms with van der Waals surface area (Å²) in [5.41, 5.74) is 1.13. The SMILES string of the molecule is CN1CCC(n2cncc2CNC(C)(C)C)C1=O. The number of rotatable bonds is 3.